The highest BCUT2D eigenvalue weighted by Crippen LogP contribution is 2.20. The smallest absolute Gasteiger partial charge is 0.323 e. The lowest BCUT2D eigenvalue weighted by molar-refractivity contribution is -0.151. The Labute approximate surface area is 122 Å². The minimum Gasteiger partial charge on any atom is -0.480 e. The fourth-order valence-electron chi connectivity index (χ4n) is 1.69. The minimum absolute atomic E-state index is 0.138. The number of hydrogen-bond acceptors (Lipinski definition) is 3. The Hall–Kier alpha value is -2.55. The molecule has 0 atom stereocenters. The first-order valence-corrected chi connectivity index (χ1v) is 6.15. The summed E-state index contributed by atoms with van der Waals surface area (Å²) in [6.07, 6.45) is 5.14. The van der Waals surface area contributed by atoms with Crippen molar-refractivity contribution in [2.45, 2.75) is 19.4 Å². The van der Waals surface area contributed by atoms with Gasteiger partial charge in [-0.2, -0.15) is 0 Å². The lowest BCUT2D eigenvalue weighted by atomic mass is 10.1. The van der Waals surface area contributed by atoms with Crippen molar-refractivity contribution in [1.29, 1.82) is 0 Å². The number of rotatable bonds is 6. The first-order valence-electron chi connectivity index (χ1n) is 6.15. The molecule has 21 heavy (non-hydrogen) atoms. The molecule has 1 aromatic rings. The third-order valence-corrected chi connectivity index (χ3v) is 2.60. The summed E-state index contributed by atoms with van der Waals surface area (Å²) in [4.78, 5) is 24.1. The number of hydrogen-bond donors (Lipinski definition) is 1. The van der Waals surface area contributed by atoms with Crippen molar-refractivity contribution in [3.63, 3.8) is 0 Å². The molecular formula is C15H16FNO4. The van der Waals surface area contributed by atoms with Gasteiger partial charge in [0, 0.05) is 0 Å². The van der Waals surface area contributed by atoms with Gasteiger partial charge in [0.15, 0.2) is 5.60 Å². The van der Waals surface area contributed by atoms with Crippen molar-refractivity contribution in [2.24, 2.45) is 0 Å². The summed E-state index contributed by atoms with van der Waals surface area (Å²) in [6.45, 7) is 2.33. The van der Waals surface area contributed by atoms with Gasteiger partial charge in [0.2, 0.25) is 0 Å². The molecule has 1 amide bonds. The second kappa shape index (κ2) is 6.75. The van der Waals surface area contributed by atoms with Crippen LogP contribution in [0.5, 0.6) is 5.75 Å². The monoisotopic (exact) mass is 293 g/mol. The van der Waals surface area contributed by atoms with E-state index in [1.165, 1.54) is 38.1 Å². The van der Waals surface area contributed by atoms with Crippen molar-refractivity contribution in [3.05, 3.63) is 30.1 Å². The molecule has 0 aromatic heterocycles. The number of carboxylic acids is 1. The van der Waals surface area contributed by atoms with Crippen LogP contribution in [-0.4, -0.2) is 40.6 Å². The lowest BCUT2D eigenvalue weighted by Gasteiger charge is -2.30. The number of ether oxygens (including phenoxy) is 1. The van der Waals surface area contributed by atoms with E-state index in [9.17, 15) is 14.0 Å². The molecule has 0 fully saturated rings. The van der Waals surface area contributed by atoms with Crippen LogP contribution in [-0.2, 0) is 9.59 Å². The van der Waals surface area contributed by atoms with E-state index in [0.29, 0.717) is 5.75 Å². The SMILES string of the molecule is C#CCN(CC(=O)O)C(=O)C(C)(C)Oc1ccc(F)cc1. The maximum atomic E-state index is 12.8. The van der Waals surface area contributed by atoms with E-state index in [0.717, 1.165) is 4.90 Å². The van der Waals surface area contributed by atoms with Gasteiger partial charge in [0.25, 0.3) is 5.91 Å². The zero-order valence-electron chi connectivity index (χ0n) is 11.8. The van der Waals surface area contributed by atoms with Crippen molar-refractivity contribution in [1.82, 2.24) is 4.90 Å². The average Bonchev–Trinajstić information content (AvgIpc) is 2.39. The Balaban J connectivity index is 2.88. The van der Waals surface area contributed by atoms with Gasteiger partial charge in [-0.05, 0) is 38.1 Å². The highest BCUT2D eigenvalue weighted by molar-refractivity contribution is 5.87. The summed E-state index contributed by atoms with van der Waals surface area (Å²) in [7, 11) is 0. The van der Waals surface area contributed by atoms with Gasteiger partial charge in [0.05, 0.1) is 6.54 Å². The number of carbonyl (C=O) groups excluding carboxylic acids is 1. The van der Waals surface area contributed by atoms with E-state index in [-0.39, 0.29) is 6.54 Å². The standard InChI is InChI=1S/C15H16FNO4/c1-4-9-17(10-13(18)19)14(20)15(2,3)21-12-7-5-11(16)6-8-12/h1,5-8H,9-10H2,2-3H3,(H,18,19). The van der Waals surface area contributed by atoms with E-state index in [2.05, 4.69) is 5.92 Å². The quantitative estimate of drug-likeness (QED) is 0.808. The summed E-state index contributed by atoms with van der Waals surface area (Å²) < 4.78 is 18.3. The van der Waals surface area contributed by atoms with Gasteiger partial charge in [-0.3, -0.25) is 9.59 Å². The average molecular weight is 293 g/mol. The maximum absolute atomic E-state index is 12.8. The van der Waals surface area contributed by atoms with Gasteiger partial charge < -0.3 is 14.7 Å². The van der Waals surface area contributed by atoms with E-state index < -0.39 is 29.8 Å². The number of carbonyl (C=O) groups is 2. The Morgan fingerprint density at radius 1 is 1.38 bits per heavy atom. The van der Waals surface area contributed by atoms with Crippen LogP contribution in [0.25, 0.3) is 0 Å². The normalized spacial score (nSPS) is 10.6. The van der Waals surface area contributed by atoms with Crippen LogP contribution in [0.3, 0.4) is 0 Å². The number of amides is 1. The van der Waals surface area contributed by atoms with Crippen molar-refractivity contribution in [2.75, 3.05) is 13.1 Å². The second-order valence-electron chi connectivity index (χ2n) is 4.83. The molecule has 0 radical (unpaired) electrons. The molecule has 6 heteroatoms. The first kappa shape index (κ1) is 16.5. The molecule has 0 aliphatic heterocycles. The Bertz CT molecular complexity index is 560. The molecule has 0 aliphatic rings. The number of benzene rings is 1. The number of terminal acetylenes is 1. The minimum atomic E-state index is -1.33. The van der Waals surface area contributed by atoms with Crippen LogP contribution in [0.15, 0.2) is 24.3 Å². The number of nitrogens with zero attached hydrogens (tertiary/aromatic N) is 1. The zero-order valence-corrected chi connectivity index (χ0v) is 11.8. The lowest BCUT2D eigenvalue weighted by Crippen LogP contribution is -2.50. The van der Waals surface area contributed by atoms with Crippen molar-refractivity contribution < 1.29 is 23.8 Å². The fourth-order valence-corrected chi connectivity index (χ4v) is 1.69. The van der Waals surface area contributed by atoms with E-state index >= 15 is 0 Å². The molecule has 0 unspecified atom stereocenters. The first-order chi connectivity index (χ1) is 9.76. The molecule has 0 spiro atoms. The van der Waals surface area contributed by atoms with Gasteiger partial charge in [-0.15, -0.1) is 6.42 Å². The Morgan fingerprint density at radius 3 is 2.43 bits per heavy atom. The maximum Gasteiger partial charge on any atom is 0.323 e. The largest absolute Gasteiger partial charge is 0.480 e. The molecule has 5 nitrogen and oxygen atoms in total. The number of aliphatic carboxylic acids is 1. The predicted octanol–water partition coefficient (Wildman–Crippen LogP) is 1.53. The van der Waals surface area contributed by atoms with Crippen LogP contribution < -0.4 is 4.74 Å². The van der Waals surface area contributed by atoms with E-state index in [1.54, 1.807) is 0 Å². The third-order valence-electron chi connectivity index (χ3n) is 2.60. The number of halogens is 1. The van der Waals surface area contributed by atoms with Gasteiger partial charge in [0.1, 0.15) is 18.1 Å². The summed E-state index contributed by atoms with van der Waals surface area (Å²) in [5, 5.41) is 8.80. The Morgan fingerprint density at radius 2 is 1.95 bits per heavy atom. The molecule has 112 valence electrons. The topological polar surface area (TPSA) is 66.8 Å². The molecule has 0 heterocycles. The molecule has 0 saturated heterocycles. The molecule has 0 saturated carbocycles. The van der Waals surface area contributed by atoms with Crippen LogP contribution in [0.4, 0.5) is 4.39 Å². The van der Waals surface area contributed by atoms with Gasteiger partial charge >= 0.3 is 5.97 Å². The highest BCUT2D eigenvalue weighted by atomic mass is 19.1. The molecule has 1 aromatic carbocycles. The van der Waals surface area contributed by atoms with Crippen LogP contribution in [0.1, 0.15) is 13.8 Å². The van der Waals surface area contributed by atoms with Crippen LogP contribution >= 0.6 is 0 Å². The van der Waals surface area contributed by atoms with Crippen LogP contribution in [0.2, 0.25) is 0 Å². The number of carboxylic acid groups (broad SMARTS) is 1. The molecule has 1 N–H and O–H groups in total. The van der Waals surface area contributed by atoms with Gasteiger partial charge in [-0.1, -0.05) is 5.92 Å². The zero-order chi connectivity index (χ0) is 16.0. The van der Waals surface area contributed by atoms with Crippen molar-refractivity contribution in [3.8, 4) is 18.1 Å². The molecular weight excluding hydrogens is 277 g/mol. The molecule has 0 aliphatic carbocycles. The highest BCUT2D eigenvalue weighted by Gasteiger charge is 2.34. The summed E-state index contributed by atoms with van der Waals surface area (Å²) in [5.41, 5.74) is -1.33. The van der Waals surface area contributed by atoms with Crippen LogP contribution in [0, 0.1) is 18.2 Å². The van der Waals surface area contributed by atoms with Crippen molar-refractivity contribution >= 4 is 11.9 Å². The summed E-state index contributed by atoms with van der Waals surface area (Å²) >= 11 is 0. The fraction of sp³-hybridized carbons (Fsp3) is 0.333. The van der Waals surface area contributed by atoms with E-state index in [4.69, 9.17) is 16.3 Å². The predicted molar refractivity (Wildman–Crippen MR) is 74.2 cm³/mol. The second-order valence-corrected chi connectivity index (χ2v) is 4.83. The molecule has 0 bridgehead atoms. The molecule has 1 rings (SSSR count). The third kappa shape index (κ3) is 4.80. The summed E-state index contributed by atoms with van der Waals surface area (Å²) in [5.74, 6) is 0.373. The Kier molecular flexibility index (Phi) is 5.30. The van der Waals surface area contributed by atoms with Gasteiger partial charge in [-0.25, -0.2) is 4.39 Å². The van der Waals surface area contributed by atoms with E-state index in [1.807, 2.05) is 0 Å². The summed E-state index contributed by atoms with van der Waals surface area (Å²) in [6, 6.07) is 5.17.